The number of nitrogens with one attached hydrogen (secondary N) is 2. The molecule has 0 bridgehead atoms. The standard InChI is InChI=1S/C22H18ClFN2O5S/c23-19-9-16(10-20-21(19)31-13-30-20)22(27)25-11-15-4-2-6-18(8-15)32(28,29)26-12-14-3-1-5-17(24)7-14/h1-10,26H,11-13H2,(H,25,27). The summed E-state index contributed by atoms with van der Waals surface area (Å²) in [6.45, 7) is 0.0821. The molecular formula is C22H18ClFN2O5S. The van der Waals surface area contributed by atoms with Gasteiger partial charge in [-0.3, -0.25) is 4.79 Å². The van der Waals surface area contributed by atoms with E-state index in [0.717, 1.165) is 0 Å². The lowest BCUT2D eigenvalue weighted by Crippen LogP contribution is -2.24. The molecule has 0 aromatic heterocycles. The molecule has 0 saturated carbocycles. The average Bonchev–Trinajstić information content (AvgIpc) is 3.26. The molecule has 0 spiro atoms. The summed E-state index contributed by atoms with van der Waals surface area (Å²) in [7, 11) is -3.83. The molecule has 32 heavy (non-hydrogen) atoms. The second-order valence-electron chi connectivity index (χ2n) is 6.98. The van der Waals surface area contributed by atoms with Crippen molar-refractivity contribution in [1.29, 1.82) is 0 Å². The summed E-state index contributed by atoms with van der Waals surface area (Å²) >= 11 is 6.11. The molecule has 166 valence electrons. The number of benzene rings is 3. The van der Waals surface area contributed by atoms with Crippen LogP contribution in [-0.2, 0) is 23.1 Å². The SMILES string of the molecule is O=C(NCc1cccc(S(=O)(=O)NCc2cccc(F)c2)c1)c1cc(Cl)c2c(c1)OCO2. The Bertz CT molecular complexity index is 1280. The molecule has 0 saturated heterocycles. The highest BCUT2D eigenvalue weighted by Gasteiger charge is 2.21. The van der Waals surface area contributed by atoms with Crippen molar-refractivity contribution in [3.05, 3.63) is 88.2 Å². The minimum absolute atomic E-state index is 0.0341. The van der Waals surface area contributed by atoms with Crippen molar-refractivity contribution >= 4 is 27.5 Å². The summed E-state index contributed by atoms with van der Waals surface area (Å²) < 4.78 is 51.5. The summed E-state index contributed by atoms with van der Waals surface area (Å²) in [5, 5.41) is 2.99. The summed E-state index contributed by atoms with van der Waals surface area (Å²) in [6, 6.07) is 14.9. The van der Waals surface area contributed by atoms with Crippen LogP contribution in [0.3, 0.4) is 0 Å². The zero-order valence-electron chi connectivity index (χ0n) is 16.6. The Morgan fingerprint density at radius 3 is 2.53 bits per heavy atom. The Hall–Kier alpha value is -3.14. The summed E-state index contributed by atoms with van der Waals surface area (Å²) in [6.07, 6.45) is 0. The Morgan fingerprint density at radius 2 is 1.75 bits per heavy atom. The van der Waals surface area contributed by atoms with Crippen molar-refractivity contribution in [3.8, 4) is 11.5 Å². The van der Waals surface area contributed by atoms with Crippen molar-refractivity contribution in [2.24, 2.45) is 0 Å². The fourth-order valence-corrected chi connectivity index (χ4v) is 4.47. The highest BCUT2D eigenvalue weighted by Crippen LogP contribution is 2.39. The van der Waals surface area contributed by atoms with Gasteiger partial charge in [0.25, 0.3) is 5.91 Å². The molecule has 10 heteroatoms. The van der Waals surface area contributed by atoms with Gasteiger partial charge in [0.05, 0.1) is 9.92 Å². The van der Waals surface area contributed by atoms with Gasteiger partial charge in [-0.25, -0.2) is 17.5 Å². The fourth-order valence-electron chi connectivity index (χ4n) is 3.11. The molecule has 3 aromatic rings. The first-order valence-electron chi connectivity index (χ1n) is 9.52. The van der Waals surface area contributed by atoms with E-state index in [-0.39, 0.29) is 29.8 Å². The monoisotopic (exact) mass is 476 g/mol. The smallest absolute Gasteiger partial charge is 0.251 e. The maximum atomic E-state index is 13.3. The maximum Gasteiger partial charge on any atom is 0.251 e. The first-order valence-corrected chi connectivity index (χ1v) is 11.4. The first-order chi connectivity index (χ1) is 15.3. The van der Waals surface area contributed by atoms with Crippen molar-refractivity contribution in [2.45, 2.75) is 18.0 Å². The van der Waals surface area contributed by atoms with E-state index in [4.69, 9.17) is 21.1 Å². The third kappa shape index (κ3) is 5.01. The number of carbonyl (C=O) groups is 1. The number of hydrogen-bond acceptors (Lipinski definition) is 5. The second kappa shape index (κ2) is 9.15. The zero-order valence-corrected chi connectivity index (χ0v) is 18.2. The van der Waals surface area contributed by atoms with Crippen LogP contribution in [0.2, 0.25) is 5.02 Å². The molecule has 0 aliphatic carbocycles. The van der Waals surface area contributed by atoms with Crippen LogP contribution in [0, 0.1) is 5.82 Å². The molecule has 0 radical (unpaired) electrons. The van der Waals surface area contributed by atoms with Crippen molar-refractivity contribution < 1.29 is 27.1 Å². The van der Waals surface area contributed by atoms with Gasteiger partial charge in [-0.2, -0.15) is 0 Å². The van der Waals surface area contributed by atoms with Crippen LogP contribution >= 0.6 is 11.6 Å². The van der Waals surface area contributed by atoms with Crippen molar-refractivity contribution in [3.63, 3.8) is 0 Å². The van der Waals surface area contributed by atoms with E-state index >= 15 is 0 Å². The number of sulfonamides is 1. The zero-order chi connectivity index (χ0) is 22.7. The summed E-state index contributed by atoms with van der Waals surface area (Å²) in [4.78, 5) is 12.5. The van der Waals surface area contributed by atoms with Gasteiger partial charge in [0, 0.05) is 18.7 Å². The molecular weight excluding hydrogens is 459 g/mol. The topological polar surface area (TPSA) is 93.7 Å². The molecule has 0 unspecified atom stereocenters. The van der Waals surface area contributed by atoms with Gasteiger partial charge in [-0.05, 0) is 47.5 Å². The highest BCUT2D eigenvalue weighted by atomic mass is 35.5. The van der Waals surface area contributed by atoms with E-state index in [2.05, 4.69) is 10.0 Å². The van der Waals surface area contributed by atoms with Crippen LogP contribution in [-0.4, -0.2) is 21.1 Å². The van der Waals surface area contributed by atoms with E-state index in [0.29, 0.717) is 28.2 Å². The lowest BCUT2D eigenvalue weighted by atomic mass is 10.1. The molecule has 1 heterocycles. The maximum absolute atomic E-state index is 13.3. The molecule has 2 N–H and O–H groups in total. The van der Waals surface area contributed by atoms with Crippen LogP contribution in [0.1, 0.15) is 21.5 Å². The third-order valence-electron chi connectivity index (χ3n) is 4.71. The number of ether oxygens (including phenoxy) is 2. The van der Waals surface area contributed by atoms with Gasteiger partial charge in [-0.15, -0.1) is 0 Å². The summed E-state index contributed by atoms with van der Waals surface area (Å²) in [5.74, 6) is -0.0575. The van der Waals surface area contributed by atoms with E-state index in [1.54, 1.807) is 18.2 Å². The quantitative estimate of drug-likeness (QED) is 0.543. The highest BCUT2D eigenvalue weighted by molar-refractivity contribution is 7.89. The predicted octanol–water partition coefficient (Wildman–Crippen LogP) is 3.62. The first kappa shape index (κ1) is 22.1. The number of rotatable bonds is 7. The molecule has 0 fully saturated rings. The van der Waals surface area contributed by atoms with Crippen molar-refractivity contribution in [1.82, 2.24) is 10.0 Å². The minimum Gasteiger partial charge on any atom is -0.454 e. The Kier molecular flexibility index (Phi) is 6.31. The number of hydrogen-bond donors (Lipinski definition) is 2. The Morgan fingerprint density at radius 1 is 1.00 bits per heavy atom. The largest absolute Gasteiger partial charge is 0.454 e. The van der Waals surface area contributed by atoms with Crippen molar-refractivity contribution in [2.75, 3.05) is 6.79 Å². The molecule has 1 aliphatic heterocycles. The lowest BCUT2D eigenvalue weighted by molar-refractivity contribution is 0.0950. The normalized spacial score (nSPS) is 12.6. The van der Waals surface area contributed by atoms with E-state index in [1.807, 2.05) is 0 Å². The lowest BCUT2D eigenvalue weighted by Gasteiger charge is -2.10. The Labute approximate surface area is 189 Å². The van der Waals surface area contributed by atoms with Gasteiger partial charge in [0.15, 0.2) is 11.5 Å². The van der Waals surface area contributed by atoms with Crippen LogP contribution in [0.15, 0.2) is 65.6 Å². The van der Waals surface area contributed by atoms with Gasteiger partial charge in [0.1, 0.15) is 5.82 Å². The number of carbonyl (C=O) groups excluding carboxylic acids is 1. The van der Waals surface area contributed by atoms with Crippen LogP contribution in [0.5, 0.6) is 11.5 Å². The fraction of sp³-hybridized carbons (Fsp3) is 0.136. The molecule has 3 aromatic carbocycles. The van der Waals surface area contributed by atoms with Gasteiger partial charge >= 0.3 is 0 Å². The van der Waals surface area contributed by atoms with Crippen LogP contribution in [0.4, 0.5) is 4.39 Å². The number of amides is 1. The molecule has 1 amide bonds. The predicted molar refractivity (Wildman–Crippen MR) is 116 cm³/mol. The average molecular weight is 477 g/mol. The van der Waals surface area contributed by atoms with E-state index in [1.165, 1.54) is 42.5 Å². The Balaban J connectivity index is 1.41. The number of halogens is 2. The van der Waals surface area contributed by atoms with Gasteiger partial charge in [0.2, 0.25) is 16.8 Å². The molecule has 7 nitrogen and oxygen atoms in total. The molecule has 0 atom stereocenters. The second-order valence-corrected chi connectivity index (χ2v) is 9.15. The van der Waals surface area contributed by atoms with Crippen LogP contribution < -0.4 is 19.5 Å². The third-order valence-corrected chi connectivity index (χ3v) is 6.39. The molecule has 4 rings (SSSR count). The van der Waals surface area contributed by atoms with E-state index < -0.39 is 21.7 Å². The minimum atomic E-state index is -3.83. The van der Waals surface area contributed by atoms with Gasteiger partial charge < -0.3 is 14.8 Å². The summed E-state index contributed by atoms with van der Waals surface area (Å²) in [5.41, 5.74) is 1.37. The number of fused-ring (bicyclic) bond motifs is 1. The molecule has 1 aliphatic rings. The van der Waals surface area contributed by atoms with E-state index in [9.17, 15) is 17.6 Å². The van der Waals surface area contributed by atoms with Crippen LogP contribution in [0.25, 0.3) is 0 Å². The van der Waals surface area contributed by atoms with Gasteiger partial charge in [-0.1, -0.05) is 35.9 Å².